The summed E-state index contributed by atoms with van der Waals surface area (Å²) >= 11 is 0. The lowest BCUT2D eigenvalue weighted by Gasteiger charge is -2.32. The Bertz CT molecular complexity index is 474. The zero-order valence-electron chi connectivity index (χ0n) is 16.1. The number of amides is 2. The quantitative estimate of drug-likeness (QED) is 0.735. The lowest BCUT2D eigenvalue weighted by atomic mass is 10.0. The summed E-state index contributed by atoms with van der Waals surface area (Å²) in [5.74, 6) is 0.324. The highest BCUT2D eigenvalue weighted by atomic mass is 16.2. The van der Waals surface area contributed by atoms with Gasteiger partial charge in [-0.3, -0.25) is 9.59 Å². The van der Waals surface area contributed by atoms with E-state index in [4.69, 9.17) is 0 Å². The van der Waals surface area contributed by atoms with E-state index >= 15 is 0 Å². The van der Waals surface area contributed by atoms with Crippen LogP contribution < -0.4 is 0 Å². The number of likely N-dealkylation sites (tertiary alicyclic amines) is 1. The van der Waals surface area contributed by atoms with Crippen LogP contribution in [0.1, 0.15) is 64.7 Å². The van der Waals surface area contributed by atoms with Crippen molar-refractivity contribution in [2.75, 3.05) is 33.2 Å². The summed E-state index contributed by atoms with van der Waals surface area (Å²) in [6, 6.07) is 0.673. The average Bonchev–Trinajstić information content (AvgIpc) is 2.79. The Labute approximate surface area is 152 Å². The van der Waals surface area contributed by atoms with Crippen LogP contribution >= 0.6 is 0 Å². The third kappa shape index (κ3) is 4.36. The van der Waals surface area contributed by atoms with Gasteiger partial charge in [0.2, 0.25) is 11.8 Å². The smallest absolute Gasteiger partial charge is 0.228 e. The first-order valence-electron chi connectivity index (χ1n) is 10.4. The predicted octanol–water partition coefficient (Wildman–Crippen LogP) is 2.50. The molecule has 0 aromatic carbocycles. The summed E-state index contributed by atoms with van der Waals surface area (Å²) in [6.45, 7) is 5.68. The van der Waals surface area contributed by atoms with Crippen molar-refractivity contribution in [2.24, 2.45) is 5.92 Å². The molecular weight excluding hydrogens is 314 g/mol. The fourth-order valence-corrected chi connectivity index (χ4v) is 4.94. The van der Waals surface area contributed by atoms with Gasteiger partial charge in [0.25, 0.3) is 0 Å². The molecule has 3 rings (SSSR count). The van der Waals surface area contributed by atoms with Gasteiger partial charge in [0, 0.05) is 38.1 Å². The molecule has 2 atom stereocenters. The van der Waals surface area contributed by atoms with Gasteiger partial charge >= 0.3 is 0 Å². The summed E-state index contributed by atoms with van der Waals surface area (Å²) in [5, 5.41) is 0. The average molecular weight is 350 g/mol. The summed E-state index contributed by atoms with van der Waals surface area (Å²) in [5.41, 5.74) is 0. The first-order chi connectivity index (χ1) is 12.1. The van der Waals surface area contributed by atoms with Crippen LogP contribution in [0.3, 0.4) is 0 Å². The summed E-state index contributed by atoms with van der Waals surface area (Å²) in [6.07, 6.45) is 9.73. The van der Waals surface area contributed by atoms with Crippen LogP contribution in [0.2, 0.25) is 0 Å². The number of hydrogen-bond donors (Lipinski definition) is 0. The molecule has 2 amide bonds. The van der Waals surface area contributed by atoms with Crippen LogP contribution in [-0.4, -0.2) is 71.8 Å². The maximum Gasteiger partial charge on any atom is 0.228 e. The molecule has 0 aromatic rings. The number of rotatable bonds is 3. The van der Waals surface area contributed by atoms with Crippen molar-refractivity contribution in [1.82, 2.24) is 14.7 Å². The zero-order chi connectivity index (χ0) is 17.8. The molecule has 0 bridgehead atoms. The van der Waals surface area contributed by atoms with E-state index in [9.17, 15) is 9.59 Å². The monoisotopic (exact) mass is 349 g/mol. The van der Waals surface area contributed by atoms with Gasteiger partial charge in [-0.1, -0.05) is 32.6 Å². The van der Waals surface area contributed by atoms with E-state index in [1.165, 1.54) is 25.7 Å². The van der Waals surface area contributed by atoms with Crippen LogP contribution in [0.15, 0.2) is 0 Å². The Kier molecular flexibility index (Phi) is 6.37. The molecule has 0 aromatic heterocycles. The highest BCUT2D eigenvalue weighted by Crippen LogP contribution is 2.29. The molecule has 3 fully saturated rings. The number of nitrogens with zero attached hydrogens (tertiary/aromatic N) is 3. The molecule has 0 radical (unpaired) electrons. The van der Waals surface area contributed by atoms with E-state index in [2.05, 4.69) is 28.7 Å². The van der Waals surface area contributed by atoms with E-state index in [1.807, 2.05) is 0 Å². The molecule has 1 aliphatic carbocycles. The Hall–Kier alpha value is -1.10. The Balaban J connectivity index is 1.65. The zero-order valence-corrected chi connectivity index (χ0v) is 16.1. The first kappa shape index (κ1) is 18.7. The Morgan fingerprint density at radius 1 is 1.04 bits per heavy atom. The molecule has 0 spiro atoms. The van der Waals surface area contributed by atoms with Gasteiger partial charge in [-0.25, -0.2) is 0 Å². The first-order valence-corrected chi connectivity index (χ1v) is 10.4. The van der Waals surface area contributed by atoms with Crippen molar-refractivity contribution in [3.63, 3.8) is 0 Å². The topological polar surface area (TPSA) is 43.9 Å². The van der Waals surface area contributed by atoms with Gasteiger partial charge in [-0.2, -0.15) is 0 Å². The maximum absolute atomic E-state index is 13.2. The molecule has 5 nitrogen and oxygen atoms in total. The normalized spacial score (nSPS) is 30.4. The lowest BCUT2D eigenvalue weighted by molar-refractivity contribution is -0.138. The summed E-state index contributed by atoms with van der Waals surface area (Å²) in [4.78, 5) is 32.3. The van der Waals surface area contributed by atoms with Crippen LogP contribution in [0, 0.1) is 5.92 Å². The fraction of sp³-hybridized carbons (Fsp3) is 0.900. The molecule has 0 unspecified atom stereocenters. The van der Waals surface area contributed by atoms with E-state index < -0.39 is 0 Å². The molecule has 2 saturated heterocycles. The molecular formula is C20H35N3O2. The fourth-order valence-electron chi connectivity index (χ4n) is 4.94. The predicted molar refractivity (Wildman–Crippen MR) is 99.2 cm³/mol. The summed E-state index contributed by atoms with van der Waals surface area (Å²) < 4.78 is 0. The number of carbonyl (C=O) groups is 2. The second kappa shape index (κ2) is 8.52. The second-order valence-electron chi connectivity index (χ2n) is 8.30. The van der Waals surface area contributed by atoms with Crippen LogP contribution in [-0.2, 0) is 9.59 Å². The Morgan fingerprint density at radius 2 is 1.76 bits per heavy atom. The van der Waals surface area contributed by atoms with Crippen molar-refractivity contribution in [1.29, 1.82) is 0 Å². The highest BCUT2D eigenvalue weighted by Gasteiger charge is 2.40. The molecule has 2 heterocycles. The maximum atomic E-state index is 13.2. The van der Waals surface area contributed by atoms with E-state index in [0.29, 0.717) is 25.0 Å². The van der Waals surface area contributed by atoms with E-state index in [1.54, 1.807) is 0 Å². The lowest BCUT2D eigenvalue weighted by Crippen LogP contribution is -2.47. The summed E-state index contributed by atoms with van der Waals surface area (Å²) in [7, 11) is 2.14. The molecule has 1 saturated carbocycles. The van der Waals surface area contributed by atoms with Gasteiger partial charge in [0.05, 0.1) is 5.92 Å². The largest absolute Gasteiger partial charge is 0.339 e. The van der Waals surface area contributed by atoms with Gasteiger partial charge in [0.1, 0.15) is 0 Å². The van der Waals surface area contributed by atoms with Gasteiger partial charge in [0.15, 0.2) is 0 Å². The molecule has 0 N–H and O–H groups in total. The van der Waals surface area contributed by atoms with E-state index in [-0.39, 0.29) is 17.7 Å². The Morgan fingerprint density at radius 3 is 2.44 bits per heavy atom. The van der Waals surface area contributed by atoms with Crippen molar-refractivity contribution in [3.8, 4) is 0 Å². The van der Waals surface area contributed by atoms with Crippen LogP contribution in [0.25, 0.3) is 0 Å². The number of hydrogen-bond acceptors (Lipinski definition) is 3. The number of likely N-dealkylation sites (N-methyl/N-ethyl adjacent to an activating group) is 1. The van der Waals surface area contributed by atoms with Crippen LogP contribution in [0.5, 0.6) is 0 Å². The SMILES string of the molecule is CC[C@@H]1CN(C)CCCN1C(=O)[C@H]1CC(=O)N(C2CCCCCC2)C1. The molecule has 25 heavy (non-hydrogen) atoms. The van der Waals surface area contributed by atoms with Gasteiger partial charge in [-0.05, 0) is 39.3 Å². The standard InChI is InChI=1S/C20H35N3O2/c1-3-17-15-21(2)11-8-12-22(17)20(25)16-13-19(24)23(14-16)18-9-6-4-5-7-10-18/h16-18H,3-15H2,1-2H3/t16-,17+/m0/s1. The highest BCUT2D eigenvalue weighted by molar-refractivity contribution is 5.89. The molecule has 5 heteroatoms. The van der Waals surface area contributed by atoms with Crippen molar-refractivity contribution in [3.05, 3.63) is 0 Å². The number of carbonyl (C=O) groups excluding carboxylic acids is 2. The minimum absolute atomic E-state index is 0.117. The minimum atomic E-state index is -0.117. The van der Waals surface area contributed by atoms with Gasteiger partial charge in [-0.15, -0.1) is 0 Å². The molecule has 3 aliphatic rings. The molecule has 2 aliphatic heterocycles. The van der Waals surface area contributed by atoms with Crippen molar-refractivity contribution in [2.45, 2.75) is 76.8 Å². The van der Waals surface area contributed by atoms with Crippen molar-refractivity contribution >= 4 is 11.8 Å². The minimum Gasteiger partial charge on any atom is -0.339 e. The van der Waals surface area contributed by atoms with E-state index in [0.717, 1.165) is 45.3 Å². The third-order valence-corrected chi connectivity index (χ3v) is 6.43. The molecule has 142 valence electrons. The second-order valence-corrected chi connectivity index (χ2v) is 8.30. The third-order valence-electron chi connectivity index (χ3n) is 6.43. The van der Waals surface area contributed by atoms with Gasteiger partial charge < -0.3 is 14.7 Å². The van der Waals surface area contributed by atoms with Crippen LogP contribution in [0.4, 0.5) is 0 Å². The van der Waals surface area contributed by atoms with Crippen molar-refractivity contribution < 1.29 is 9.59 Å².